The van der Waals surface area contributed by atoms with Crippen LogP contribution in [0.5, 0.6) is 5.75 Å². The molecule has 1 unspecified atom stereocenters. The quantitative estimate of drug-likeness (QED) is 0.103. The van der Waals surface area contributed by atoms with Gasteiger partial charge in [0.05, 0.1) is 16.5 Å². The summed E-state index contributed by atoms with van der Waals surface area (Å²) in [4.78, 5) is 14.8. The Morgan fingerprint density at radius 1 is 1.00 bits per heavy atom. The van der Waals surface area contributed by atoms with E-state index in [1.165, 1.54) is 0 Å². The molecule has 3 heterocycles. The molecule has 2 aromatic heterocycles. The molecule has 0 N–H and O–H groups in total. The molecule has 1 aliphatic rings. The van der Waals surface area contributed by atoms with Crippen molar-refractivity contribution in [3.05, 3.63) is 93.6 Å². The van der Waals surface area contributed by atoms with Crippen molar-refractivity contribution < 1.29 is 9.53 Å². The van der Waals surface area contributed by atoms with Crippen molar-refractivity contribution in [3.8, 4) is 16.2 Å². The molecule has 154 valence electrons. The van der Waals surface area contributed by atoms with Crippen LogP contribution in [-0.4, -0.2) is 15.4 Å². The van der Waals surface area contributed by atoms with Gasteiger partial charge in [-0.2, -0.15) is 0 Å². The van der Waals surface area contributed by atoms with Gasteiger partial charge in [-0.15, -0.1) is 0 Å². The van der Waals surface area contributed by atoms with Crippen LogP contribution < -0.4 is 4.74 Å². The number of rotatable bonds is 5. The van der Waals surface area contributed by atoms with Crippen molar-refractivity contribution in [2.45, 2.75) is 18.9 Å². The zero-order valence-electron chi connectivity index (χ0n) is 16.3. The van der Waals surface area contributed by atoms with Crippen LogP contribution >= 0.6 is 45.1 Å². The molecule has 0 radical (unpaired) electrons. The first-order chi connectivity index (χ1) is 15.1. The molecule has 0 spiro atoms. The predicted octanol–water partition coefficient (Wildman–Crippen LogP) is 6.87. The fourth-order valence-corrected chi connectivity index (χ4v) is 6.58. The molecule has 0 bridgehead atoms. The van der Waals surface area contributed by atoms with Crippen molar-refractivity contribution in [3.63, 3.8) is 0 Å². The molecular weight excluding hydrogens is 463 g/mol. The van der Waals surface area contributed by atoms with E-state index < -0.39 is 0 Å². The molecule has 2 aromatic carbocycles. The van der Waals surface area contributed by atoms with E-state index in [1.54, 1.807) is 20.7 Å². The van der Waals surface area contributed by atoms with Crippen molar-refractivity contribution in [1.29, 1.82) is 0 Å². The summed E-state index contributed by atoms with van der Waals surface area (Å²) >= 11 is 10.9. The maximum Gasteiger partial charge on any atom is 0.320 e. The third kappa shape index (κ3) is 4.06. The maximum absolute atomic E-state index is 12.9. The molecule has 5 rings (SSSR count). The number of esters is 1. The van der Waals surface area contributed by atoms with Crippen LogP contribution in [0.3, 0.4) is 0 Å². The number of aromatic nitrogens is 1. The lowest BCUT2D eigenvalue weighted by Gasteiger charge is -2.10. The third-order valence-corrected chi connectivity index (χ3v) is 8.74. The van der Waals surface area contributed by atoms with E-state index in [-0.39, 0.29) is 11.9 Å². The SMILES string of the molecule is O=C(Oc1ccc(-c2cc(=S)ss2)cc1)C1CCn2c(C(=S)c3ccccc3)ccc21. The summed E-state index contributed by atoms with van der Waals surface area (Å²) in [5.74, 6) is 0.0412. The van der Waals surface area contributed by atoms with Gasteiger partial charge in [0.1, 0.15) is 9.57 Å². The summed E-state index contributed by atoms with van der Waals surface area (Å²) in [6.45, 7) is 0.756. The standard InChI is InChI=1S/C24H17NO2S4/c26-24(27-17-8-6-15(7-9-17)21-14-22(28)31-30-21)18-12-13-25-19(18)10-11-20(25)23(29)16-4-2-1-3-5-16/h1-11,14,18H,12-13H2. The number of carbonyl (C=O) groups is 1. The largest absolute Gasteiger partial charge is 0.426 e. The normalized spacial score (nSPS) is 14.9. The Hall–Kier alpha value is -2.45. The summed E-state index contributed by atoms with van der Waals surface area (Å²) in [6.07, 6.45) is 0.718. The molecule has 1 atom stereocenters. The van der Waals surface area contributed by atoms with Crippen LogP contribution in [-0.2, 0) is 11.3 Å². The Bertz CT molecular complexity index is 1320. The maximum atomic E-state index is 12.9. The van der Waals surface area contributed by atoms with E-state index in [1.807, 2.05) is 72.8 Å². The predicted molar refractivity (Wildman–Crippen MR) is 133 cm³/mol. The van der Waals surface area contributed by atoms with Gasteiger partial charge < -0.3 is 9.30 Å². The van der Waals surface area contributed by atoms with E-state index >= 15 is 0 Å². The fraction of sp³-hybridized carbons (Fsp3) is 0.125. The number of benzene rings is 2. The fourth-order valence-electron chi connectivity index (χ4n) is 3.86. The second-order valence-corrected chi connectivity index (χ2v) is 10.6. The number of hydrogen-bond donors (Lipinski definition) is 0. The summed E-state index contributed by atoms with van der Waals surface area (Å²) in [6, 6.07) is 23.6. The highest BCUT2D eigenvalue weighted by Gasteiger charge is 2.32. The highest BCUT2D eigenvalue weighted by Crippen LogP contribution is 2.34. The topological polar surface area (TPSA) is 31.2 Å². The van der Waals surface area contributed by atoms with Gasteiger partial charge in [-0.05, 0) is 60.0 Å². The molecule has 1 aliphatic heterocycles. The lowest BCUT2D eigenvalue weighted by atomic mass is 10.1. The lowest BCUT2D eigenvalue weighted by molar-refractivity contribution is -0.136. The molecule has 0 aliphatic carbocycles. The number of ether oxygens (including phenoxy) is 1. The molecule has 4 aromatic rings. The van der Waals surface area contributed by atoms with E-state index in [0.29, 0.717) is 5.75 Å². The molecule has 0 saturated carbocycles. The Labute approximate surface area is 198 Å². The van der Waals surface area contributed by atoms with Gasteiger partial charge in [0, 0.05) is 17.1 Å². The summed E-state index contributed by atoms with van der Waals surface area (Å²) in [7, 11) is 3.24. The van der Waals surface area contributed by atoms with Gasteiger partial charge in [-0.3, -0.25) is 4.79 Å². The second kappa shape index (κ2) is 8.59. The number of hydrogen-bond acceptors (Lipinski definition) is 6. The van der Waals surface area contributed by atoms with Gasteiger partial charge in [-0.25, -0.2) is 0 Å². The van der Waals surface area contributed by atoms with Crippen LogP contribution in [0.4, 0.5) is 0 Å². The van der Waals surface area contributed by atoms with E-state index in [0.717, 1.165) is 49.0 Å². The van der Waals surface area contributed by atoms with Crippen LogP contribution in [0, 0.1) is 3.82 Å². The molecule has 0 saturated heterocycles. The average molecular weight is 480 g/mol. The van der Waals surface area contributed by atoms with Crippen LogP contribution in [0.1, 0.15) is 29.3 Å². The van der Waals surface area contributed by atoms with Crippen molar-refractivity contribution >= 4 is 56.0 Å². The van der Waals surface area contributed by atoms with Gasteiger partial charge in [0.2, 0.25) is 0 Å². The highest BCUT2D eigenvalue weighted by atomic mass is 32.9. The van der Waals surface area contributed by atoms with Crippen LogP contribution in [0.2, 0.25) is 0 Å². The minimum atomic E-state index is -0.283. The zero-order valence-corrected chi connectivity index (χ0v) is 19.6. The second-order valence-electron chi connectivity index (χ2n) is 7.27. The molecule has 7 heteroatoms. The molecular formula is C24H17NO2S4. The number of thiocarbonyl (C=S) groups is 1. The molecule has 0 amide bonds. The third-order valence-electron chi connectivity index (χ3n) is 5.39. The molecule has 0 fully saturated rings. The first-order valence-electron chi connectivity index (χ1n) is 9.81. The highest BCUT2D eigenvalue weighted by molar-refractivity contribution is 7.81. The Balaban J connectivity index is 1.32. The minimum absolute atomic E-state index is 0.229. The van der Waals surface area contributed by atoms with E-state index in [9.17, 15) is 4.79 Å². The van der Waals surface area contributed by atoms with Crippen molar-refractivity contribution in [2.75, 3.05) is 0 Å². The average Bonchev–Trinajstić information content (AvgIpc) is 3.51. The minimum Gasteiger partial charge on any atom is -0.426 e. The van der Waals surface area contributed by atoms with E-state index in [4.69, 9.17) is 29.2 Å². The van der Waals surface area contributed by atoms with Gasteiger partial charge in [0.15, 0.2) is 0 Å². The number of carbonyl (C=O) groups excluding carboxylic acids is 1. The van der Waals surface area contributed by atoms with Crippen molar-refractivity contribution in [2.24, 2.45) is 0 Å². The van der Waals surface area contributed by atoms with Gasteiger partial charge in [0.25, 0.3) is 0 Å². The summed E-state index contributed by atoms with van der Waals surface area (Å²) in [5.41, 5.74) is 4.03. The summed E-state index contributed by atoms with van der Waals surface area (Å²) in [5, 5.41) is 0. The Kier molecular flexibility index (Phi) is 5.67. The molecule has 3 nitrogen and oxygen atoms in total. The van der Waals surface area contributed by atoms with Crippen molar-refractivity contribution in [1.82, 2.24) is 4.57 Å². The van der Waals surface area contributed by atoms with Crippen LogP contribution in [0.15, 0.2) is 72.8 Å². The van der Waals surface area contributed by atoms with E-state index in [2.05, 4.69) is 4.57 Å². The Morgan fingerprint density at radius 3 is 2.48 bits per heavy atom. The van der Waals surface area contributed by atoms with Crippen LogP contribution in [0.25, 0.3) is 10.4 Å². The van der Waals surface area contributed by atoms with Gasteiger partial charge in [-0.1, -0.05) is 75.4 Å². The monoisotopic (exact) mass is 479 g/mol. The zero-order chi connectivity index (χ0) is 21.4. The summed E-state index contributed by atoms with van der Waals surface area (Å²) < 4.78 is 8.73. The number of nitrogens with zero attached hydrogens (tertiary/aromatic N) is 1. The molecule has 31 heavy (non-hydrogen) atoms. The van der Waals surface area contributed by atoms with Gasteiger partial charge >= 0.3 is 5.97 Å². The first kappa shape index (κ1) is 20.5. The first-order valence-corrected chi connectivity index (χ1v) is 12.8. The Morgan fingerprint density at radius 2 is 1.77 bits per heavy atom. The number of fused-ring (bicyclic) bond motifs is 1. The lowest BCUT2D eigenvalue weighted by Crippen LogP contribution is -2.16. The smallest absolute Gasteiger partial charge is 0.320 e.